The molecule has 8 heteroatoms. The third-order valence-electron chi connectivity index (χ3n) is 4.64. The molecule has 3 aromatic rings. The Hall–Kier alpha value is -3.71. The minimum Gasteiger partial charge on any atom is -0.475 e. The number of ether oxygens (including phenoxy) is 2. The van der Waals surface area contributed by atoms with Crippen molar-refractivity contribution in [2.24, 2.45) is 12.0 Å². The van der Waals surface area contributed by atoms with Crippen molar-refractivity contribution >= 4 is 23.6 Å². The zero-order valence-corrected chi connectivity index (χ0v) is 16.6. The molecule has 3 heterocycles. The molecule has 0 saturated heterocycles. The molecule has 7 nitrogen and oxygen atoms in total. The van der Waals surface area contributed by atoms with Gasteiger partial charge in [0.1, 0.15) is 17.3 Å². The van der Waals surface area contributed by atoms with E-state index < -0.39 is 6.10 Å². The molecule has 1 atom stereocenters. The summed E-state index contributed by atoms with van der Waals surface area (Å²) < 4.78 is 13.5. The molecule has 0 radical (unpaired) electrons. The van der Waals surface area contributed by atoms with Gasteiger partial charge in [0, 0.05) is 60.0 Å². The van der Waals surface area contributed by atoms with E-state index in [4.69, 9.17) is 21.1 Å². The molecule has 5 rings (SSSR count). The number of hydrogen-bond donors (Lipinski definition) is 0. The van der Waals surface area contributed by atoms with Crippen LogP contribution in [-0.2, 0) is 11.8 Å². The Balaban J connectivity index is 1.41. The number of benzene rings is 1. The van der Waals surface area contributed by atoms with E-state index in [1.807, 2.05) is 13.2 Å². The van der Waals surface area contributed by atoms with E-state index in [0.717, 1.165) is 16.8 Å². The number of fused-ring (bicyclic) bond motifs is 2. The summed E-state index contributed by atoms with van der Waals surface area (Å²) >= 11 is 6.05. The second-order valence-corrected chi connectivity index (χ2v) is 7.27. The van der Waals surface area contributed by atoms with Gasteiger partial charge in [-0.15, -0.1) is 0 Å². The molecular weight excluding hydrogens is 404 g/mol. The Morgan fingerprint density at radius 2 is 2.10 bits per heavy atom. The van der Waals surface area contributed by atoms with Crippen molar-refractivity contribution in [3.63, 3.8) is 0 Å². The molecule has 1 aliphatic carbocycles. The van der Waals surface area contributed by atoms with Gasteiger partial charge in [-0.25, -0.2) is 0 Å². The summed E-state index contributed by atoms with van der Waals surface area (Å²) in [5, 5.41) is 4.68. The number of hydrogen-bond acceptors (Lipinski definition) is 6. The minimum absolute atomic E-state index is 0.256. The lowest BCUT2D eigenvalue weighted by atomic mass is 10.1. The van der Waals surface area contributed by atoms with Crippen LogP contribution >= 0.6 is 11.6 Å². The molecule has 148 valence electrons. The zero-order valence-electron chi connectivity index (χ0n) is 15.8. The number of nitrogens with zero attached hydrogens (tertiary/aromatic N) is 4. The van der Waals surface area contributed by atoms with Gasteiger partial charge >= 0.3 is 0 Å². The maximum Gasteiger partial charge on any atom is 0.206 e. The second kappa shape index (κ2) is 7.27. The van der Waals surface area contributed by atoms with Gasteiger partial charge in [-0.1, -0.05) is 11.6 Å². The molecule has 0 amide bonds. The first-order chi connectivity index (χ1) is 14.5. The van der Waals surface area contributed by atoms with Crippen LogP contribution in [0, 0.1) is 0 Å². The molecule has 1 aromatic carbocycles. The van der Waals surface area contributed by atoms with Gasteiger partial charge in [-0.3, -0.25) is 19.5 Å². The van der Waals surface area contributed by atoms with E-state index in [-0.39, 0.29) is 5.78 Å². The normalized spacial score (nSPS) is 17.3. The summed E-state index contributed by atoms with van der Waals surface area (Å²) in [5.74, 6) is 1.18. The van der Waals surface area contributed by atoms with Crippen LogP contribution in [0.25, 0.3) is 11.3 Å². The Morgan fingerprint density at radius 3 is 2.93 bits per heavy atom. The number of pyridine rings is 1. The lowest BCUT2D eigenvalue weighted by molar-refractivity contribution is -0.119. The van der Waals surface area contributed by atoms with Crippen LogP contribution in [-0.4, -0.2) is 32.9 Å². The van der Waals surface area contributed by atoms with Crippen LogP contribution in [0.5, 0.6) is 11.5 Å². The SMILES string of the molecule is Cn1cc(-c2cc(OC3=CC(=O)C4Oc5cc(Cl)ccc5C=NC4=C3)ccn2)cn1. The number of aryl methyl sites for hydroxylation is 1. The van der Waals surface area contributed by atoms with Crippen molar-refractivity contribution in [1.29, 1.82) is 0 Å². The van der Waals surface area contributed by atoms with Crippen molar-refractivity contribution in [2.75, 3.05) is 0 Å². The highest BCUT2D eigenvalue weighted by atomic mass is 35.5. The van der Waals surface area contributed by atoms with Gasteiger partial charge in [0.15, 0.2) is 0 Å². The Morgan fingerprint density at radius 1 is 1.20 bits per heavy atom. The van der Waals surface area contributed by atoms with Crippen LogP contribution in [0.2, 0.25) is 5.02 Å². The predicted octanol–water partition coefficient (Wildman–Crippen LogP) is 3.74. The second-order valence-electron chi connectivity index (χ2n) is 6.84. The van der Waals surface area contributed by atoms with Crippen LogP contribution in [0.1, 0.15) is 5.56 Å². The van der Waals surface area contributed by atoms with Gasteiger partial charge in [-0.2, -0.15) is 5.10 Å². The third-order valence-corrected chi connectivity index (χ3v) is 4.88. The fourth-order valence-electron chi connectivity index (χ4n) is 3.22. The minimum atomic E-state index is -0.836. The summed E-state index contributed by atoms with van der Waals surface area (Å²) in [6, 6.07) is 8.73. The highest BCUT2D eigenvalue weighted by Gasteiger charge is 2.30. The first kappa shape index (κ1) is 18.3. The summed E-state index contributed by atoms with van der Waals surface area (Å²) in [6.45, 7) is 0. The Kier molecular flexibility index (Phi) is 4.44. The monoisotopic (exact) mass is 418 g/mol. The van der Waals surface area contributed by atoms with Crippen molar-refractivity contribution in [3.8, 4) is 22.8 Å². The lowest BCUT2D eigenvalue weighted by Crippen LogP contribution is -2.30. The van der Waals surface area contributed by atoms with E-state index in [1.165, 1.54) is 6.08 Å². The average Bonchev–Trinajstić information content (AvgIpc) is 3.07. The fraction of sp³-hybridized carbons (Fsp3) is 0.0909. The summed E-state index contributed by atoms with van der Waals surface area (Å²) in [6.07, 6.45) is 9.15. The van der Waals surface area contributed by atoms with Gasteiger partial charge in [0.25, 0.3) is 0 Å². The largest absolute Gasteiger partial charge is 0.475 e. The average molecular weight is 419 g/mol. The molecule has 0 fully saturated rings. The maximum absolute atomic E-state index is 12.7. The summed E-state index contributed by atoms with van der Waals surface area (Å²) in [7, 11) is 1.84. The number of carbonyl (C=O) groups is 1. The Bertz CT molecular complexity index is 1260. The number of halogens is 1. The highest BCUT2D eigenvalue weighted by molar-refractivity contribution is 6.30. The van der Waals surface area contributed by atoms with Crippen molar-refractivity contribution in [3.05, 3.63) is 83.1 Å². The van der Waals surface area contributed by atoms with Gasteiger partial charge < -0.3 is 9.47 Å². The van der Waals surface area contributed by atoms with Crippen LogP contribution in [0.15, 0.2) is 77.5 Å². The van der Waals surface area contributed by atoms with E-state index in [1.54, 1.807) is 59.7 Å². The smallest absolute Gasteiger partial charge is 0.206 e. The molecule has 1 unspecified atom stereocenters. The van der Waals surface area contributed by atoms with E-state index >= 15 is 0 Å². The number of ketones is 1. The van der Waals surface area contributed by atoms with E-state index in [2.05, 4.69) is 15.1 Å². The lowest BCUT2D eigenvalue weighted by Gasteiger charge is -2.20. The van der Waals surface area contributed by atoms with Gasteiger partial charge in [-0.05, 0) is 24.3 Å². The summed E-state index contributed by atoms with van der Waals surface area (Å²) in [4.78, 5) is 21.5. The van der Waals surface area contributed by atoms with E-state index in [0.29, 0.717) is 28.0 Å². The van der Waals surface area contributed by atoms with Crippen LogP contribution in [0.3, 0.4) is 0 Å². The molecule has 0 N–H and O–H groups in total. The number of aromatic nitrogens is 3. The number of rotatable bonds is 3. The van der Waals surface area contributed by atoms with Gasteiger partial charge in [0.2, 0.25) is 11.9 Å². The molecule has 1 aliphatic heterocycles. The predicted molar refractivity (Wildman–Crippen MR) is 112 cm³/mol. The van der Waals surface area contributed by atoms with Crippen LogP contribution in [0.4, 0.5) is 0 Å². The maximum atomic E-state index is 12.7. The number of carbonyl (C=O) groups excluding carboxylic acids is 1. The molecule has 0 spiro atoms. The Labute approximate surface area is 176 Å². The zero-order chi connectivity index (χ0) is 20.7. The quantitative estimate of drug-likeness (QED) is 0.647. The fourth-order valence-corrected chi connectivity index (χ4v) is 3.38. The molecule has 0 saturated carbocycles. The van der Waals surface area contributed by atoms with Crippen LogP contribution < -0.4 is 9.47 Å². The first-order valence-electron chi connectivity index (χ1n) is 9.15. The van der Waals surface area contributed by atoms with Gasteiger partial charge in [0.05, 0.1) is 17.6 Å². The third kappa shape index (κ3) is 3.51. The molecular formula is C22H15ClN4O3. The van der Waals surface area contributed by atoms with Crippen molar-refractivity contribution in [2.45, 2.75) is 6.10 Å². The standard InChI is InChI=1S/C22H15ClN4O3/c1-27-12-14(11-26-27)18-7-16(4-5-24-18)29-17-8-19-22(20(28)9-17)30-21-6-15(23)3-2-13(21)10-25-19/h2-12,22H,1H3. The molecule has 2 aromatic heterocycles. The van der Waals surface area contributed by atoms with Crippen molar-refractivity contribution in [1.82, 2.24) is 14.8 Å². The summed E-state index contributed by atoms with van der Waals surface area (Å²) in [5.41, 5.74) is 2.80. The van der Waals surface area contributed by atoms with Crippen molar-refractivity contribution < 1.29 is 14.3 Å². The molecule has 0 bridgehead atoms. The van der Waals surface area contributed by atoms with E-state index in [9.17, 15) is 4.79 Å². The molecule has 30 heavy (non-hydrogen) atoms. The topological polar surface area (TPSA) is 78.6 Å². The first-order valence-corrected chi connectivity index (χ1v) is 9.53. The molecule has 2 aliphatic rings. The highest BCUT2D eigenvalue weighted by Crippen LogP contribution is 2.31. The number of aliphatic imine (C=N–C) groups is 1. The number of allylic oxidation sites excluding steroid dienone is 1.